The first kappa shape index (κ1) is 18.8. The van der Waals surface area contributed by atoms with Gasteiger partial charge in [0, 0.05) is 17.9 Å². The normalized spacial score (nSPS) is 27.6. The van der Waals surface area contributed by atoms with Gasteiger partial charge in [-0.3, -0.25) is 10.1 Å². The van der Waals surface area contributed by atoms with Crippen LogP contribution in [0.2, 0.25) is 0 Å². The third kappa shape index (κ3) is 5.80. The molecule has 1 saturated carbocycles. The van der Waals surface area contributed by atoms with Gasteiger partial charge in [-0.05, 0) is 58.1 Å². The highest BCUT2D eigenvalue weighted by atomic mass is 32.2. The second-order valence-corrected chi connectivity index (χ2v) is 7.77. The van der Waals surface area contributed by atoms with Crippen LogP contribution in [-0.2, 0) is 9.53 Å². The maximum atomic E-state index is 12.5. The smallest absolute Gasteiger partial charge is 0.326 e. The first-order valence-corrected chi connectivity index (χ1v) is 9.15. The van der Waals surface area contributed by atoms with E-state index in [-0.39, 0.29) is 18.6 Å². The highest BCUT2D eigenvalue weighted by Gasteiger charge is 2.44. The molecule has 5 heteroatoms. The van der Waals surface area contributed by atoms with Crippen molar-refractivity contribution in [3.05, 3.63) is 0 Å². The van der Waals surface area contributed by atoms with Gasteiger partial charge in [0.2, 0.25) is 0 Å². The zero-order valence-electron chi connectivity index (χ0n) is 13.9. The fourth-order valence-electron chi connectivity index (χ4n) is 2.92. The van der Waals surface area contributed by atoms with Crippen molar-refractivity contribution in [1.82, 2.24) is 5.32 Å². The molecule has 3 atom stereocenters. The summed E-state index contributed by atoms with van der Waals surface area (Å²) in [6.07, 6.45) is 3.87. The third-order valence-corrected chi connectivity index (χ3v) is 5.50. The van der Waals surface area contributed by atoms with E-state index in [1.165, 1.54) is 0 Å². The number of aliphatic hydroxyl groups excluding tert-OH is 1. The van der Waals surface area contributed by atoms with Crippen LogP contribution in [0.15, 0.2) is 0 Å². The molecule has 124 valence electrons. The molecule has 0 aromatic carbocycles. The van der Waals surface area contributed by atoms with Gasteiger partial charge in [-0.15, -0.1) is 0 Å². The van der Waals surface area contributed by atoms with Crippen LogP contribution in [0.5, 0.6) is 0 Å². The lowest BCUT2D eigenvalue weighted by molar-refractivity contribution is -0.153. The average molecular weight is 317 g/mol. The van der Waals surface area contributed by atoms with Crippen LogP contribution in [-0.4, -0.2) is 46.9 Å². The molecule has 1 fully saturated rings. The molecule has 4 nitrogen and oxygen atoms in total. The molecule has 0 amide bonds. The summed E-state index contributed by atoms with van der Waals surface area (Å²) in [6, 6.07) is 0.259. The Morgan fingerprint density at radius 2 is 2.19 bits per heavy atom. The van der Waals surface area contributed by atoms with Gasteiger partial charge in [-0.1, -0.05) is 6.92 Å². The number of esters is 1. The Labute approximate surface area is 133 Å². The van der Waals surface area contributed by atoms with Gasteiger partial charge < -0.3 is 9.84 Å². The van der Waals surface area contributed by atoms with Crippen molar-refractivity contribution in [1.29, 1.82) is 0 Å². The monoisotopic (exact) mass is 317 g/mol. The third-order valence-electron chi connectivity index (χ3n) is 3.87. The van der Waals surface area contributed by atoms with Gasteiger partial charge in [-0.2, -0.15) is 11.8 Å². The fraction of sp³-hybridized carbons (Fsp3) is 0.938. The van der Waals surface area contributed by atoms with Gasteiger partial charge in [0.05, 0.1) is 6.61 Å². The lowest BCUT2D eigenvalue weighted by Crippen LogP contribution is -2.58. The number of carbonyl (C=O) groups excluding carboxylic acids is 1. The van der Waals surface area contributed by atoms with Crippen molar-refractivity contribution in [3.63, 3.8) is 0 Å². The van der Waals surface area contributed by atoms with Crippen LogP contribution < -0.4 is 5.32 Å². The van der Waals surface area contributed by atoms with E-state index >= 15 is 0 Å². The van der Waals surface area contributed by atoms with Crippen LogP contribution >= 0.6 is 11.8 Å². The second kappa shape index (κ2) is 9.01. The molecular weight excluding hydrogens is 286 g/mol. The maximum Gasteiger partial charge on any atom is 0.326 e. The molecule has 2 N–H and O–H groups in total. The van der Waals surface area contributed by atoms with Crippen molar-refractivity contribution >= 4 is 17.7 Å². The highest BCUT2D eigenvalue weighted by Crippen LogP contribution is 2.37. The van der Waals surface area contributed by atoms with E-state index in [9.17, 15) is 4.79 Å². The predicted octanol–water partition coefficient (Wildman–Crippen LogP) is 2.59. The molecule has 0 aromatic rings. The number of hydrogen-bond acceptors (Lipinski definition) is 5. The van der Waals surface area contributed by atoms with Crippen molar-refractivity contribution in [2.75, 3.05) is 19.0 Å². The topological polar surface area (TPSA) is 58.6 Å². The molecule has 0 bridgehead atoms. The van der Waals surface area contributed by atoms with Gasteiger partial charge in [0.1, 0.15) is 5.54 Å². The first-order valence-electron chi connectivity index (χ1n) is 8.11. The Hall–Kier alpha value is -0.260. The molecule has 0 aromatic heterocycles. The lowest BCUT2D eigenvalue weighted by atomic mass is 9.80. The van der Waals surface area contributed by atoms with Crippen molar-refractivity contribution in [3.8, 4) is 0 Å². The van der Waals surface area contributed by atoms with E-state index in [1.807, 2.05) is 18.7 Å². The number of ether oxygens (including phenoxy) is 1. The largest absolute Gasteiger partial charge is 0.465 e. The summed E-state index contributed by atoms with van der Waals surface area (Å²) >= 11 is 1.89. The van der Waals surface area contributed by atoms with Crippen LogP contribution in [0.3, 0.4) is 0 Å². The van der Waals surface area contributed by atoms with Crippen molar-refractivity contribution < 1.29 is 14.6 Å². The van der Waals surface area contributed by atoms with Gasteiger partial charge >= 0.3 is 5.97 Å². The van der Waals surface area contributed by atoms with E-state index in [0.717, 1.165) is 31.4 Å². The fourth-order valence-corrected chi connectivity index (χ4v) is 4.36. The van der Waals surface area contributed by atoms with Crippen molar-refractivity contribution in [2.45, 2.75) is 70.2 Å². The van der Waals surface area contributed by atoms with E-state index < -0.39 is 5.54 Å². The minimum atomic E-state index is -0.525. The minimum absolute atomic E-state index is 0.0980. The Morgan fingerprint density at radius 3 is 2.76 bits per heavy atom. The summed E-state index contributed by atoms with van der Waals surface area (Å²) in [7, 11) is 0. The van der Waals surface area contributed by atoms with Gasteiger partial charge in [0.25, 0.3) is 0 Å². The molecule has 0 saturated heterocycles. The molecule has 0 spiro atoms. The van der Waals surface area contributed by atoms with E-state index in [2.05, 4.69) is 26.1 Å². The Bertz CT molecular complexity index is 325. The number of nitrogens with one attached hydrogen (secondary N) is 1. The summed E-state index contributed by atoms with van der Waals surface area (Å²) in [6.45, 7) is 8.73. The summed E-state index contributed by atoms with van der Waals surface area (Å²) < 4.78 is 5.33. The molecular formula is C16H31NO3S. The first-order chi connectivity index (χ1) is 9.93. The molecule has 1 aliphatic carbocycles. The van der Waals surface area contributed by atoms with Gasteiger partial charge in [-0.25, -0.2) is 0 Å². The number of thioether (sulfide) groups is 1. The molecule has 1 aliphatic rings. The molecule has 0 heterocycles. The maximum absolute atomic E-state index is 12.5. The molecule has 0 aliphatic heterocycles. The van der Waals surface area contributed by atoms with E-state index in [4.69, 9.17) is 9.84 Å². The Balaban J connectivity index is 2.70. The Kier molecular flexibility index (Phi) is 8.06. The van der Waals surface area contributed by atoms with Gasteiger partial charge in [0.15, 0.2) is 0 Å². The summed E-state index contributed by atoms with van der Waals surface area (Å²) in [5.74, 6) is 1.16. The number of rotatable bonds is 8. The highest BCUT2D eigenvalue weighted by molar-refractivity contribution is 7.99. The van der Waals surface area contributed by atoms with Crippen LogP contribution in [0.4, 0.5) is 0 Å². The number of carbonyl (C=O) groups is 1. The molecule has 1 rings (SSSR count). The zero-order valence-corrected chi connectivity index (χ0v) is 14.7. The number of aliphatic hydroxyl groups is 1. The standard InChI is InChI=1S/C16H31NO3S/c1-5-20-15(19)16(17-12(2)3)8-6-7-14(9-16)21-11-13(4)10-18/h12-14,17-18H,5-11H2,1-4H3. The molecule has 3 unspecified atom stereocenters. The van der Waals surface area contributed by atoms with E-state index in [0.29, 0.717) is 17.8 Å². The summed E-state index contributed by atoms with van der Waals surface area (Å²) in [5.41, 5.74) is -0.525. The lowest BCUT2D eigenvalue weighted by Gasteiger charge is -2.40. The molecule has 0 radical (unpaired) electrons. The van der Waals surface area contributed by atoms with Crippen LogP contribution in [0, 0.1) is 5.92 Å². The number of hydrogen-bond donors (Lipinski definition) is 2. The quantitative estimate of drug-likeness (QED) is 0.674. The average Bonchev–Trinajstić information content (AvgIpc) is 2.44. The van der Waals surface area contributed by atoms with Crippen molar-refractivity contribution in [2.24, 2.45) is 5.92 Å². The van der Waals surface area contributed by atoms with Crippen LogP contribution in [0.25, 0.3) is 0 Å². The summed E-state index contributed by atoms with van der Waals surface area (Å²) in [4.78, 5) is 12.5. The predicted molar refractivity (Wildman–Crippen MR) is 88.6 cm³/mol. The second-order valence-electron chi connectivity index (χ2n) is 6.44. The zero-order chi connectivity index (χ0) is 15.9. The van der Waals surface area contributed by atoms with E-state index in [1.54, 1.807) is 0 Å². The minimum Gasteiger partial charge on any atom is -0.465 e. The summed E-state index contributed by atoms with van der Waals surface area (Å²) in [5, 5.41) is 13.1. The SMILES string of the molecule is CCOC(=O)C1(NC(C)C)CCCC(SCC(C)CO)C1. The van der Waals surface area contributed by atoms with Crippen LogP contribution in [0.1, 0.15) is 53.4 Å². The molecule has 21 heavy (non-hydrogen) atoms. The Morgan fingerprint density at radius 1 is 1.48 bits per heavy atom.